The molecule has 0 amide bonds. The van der Waals surface area contributed by atoms with Crippen molar-refractivity contribution >= 4 is 0 Å². The van der Waals surface area contributed by atoms with Crippen molar-refractivity contribution in [2.45, 2.75) is 6.04 Å². The first-order valence-corrected chi connectivity index (χ1v) is 5.96. The monoisotopic (exact) mass is 262 g/mol. The second-order valence-corrected chi connectivity index (χ2v) is 4.07. The van der Waals surface area contributed by atoms with Crippen LogP contribution in [-0.2, 0) is 7.05 Å². The Labute approximate surface area is 112 Å². The minimum Gasteiger partial charge on any atom is -0.493 e. The number of hydrogen-bond acceptors (Lipinski definition) is 5. The number of hydrazine groups is 1. The standard InChI is InChI=1S/C13H18N4O2/c1-17-13(12(18-2)8-15-17)11(16-14)9-19-10-6-4-3-5-7-10/h3-8,11,16H,9,14H2,1-2H3. The largest absolute Gasteiger partial charge is 0.493 e. The maximum absolute atomic E-state index is 5.70. The summed E-state index contributed by atoms with van der Waals surface area (Å²) < 4.78 is 12.7. The molecule has 0 aliphatic heterocycles. The highest BCUT2D eigenvalue weighted by Crippen LogP contribution is 2.24. The van der Waals surface area contributed by atoms with Gasteiger partial charge in [-0.25, -0.2) is 5.43 Å². The number of benzene rings is 1. The molecule has 3 N–H and O–H groups in total. The van der Waals surface area contributed by atoms with Gasteiger partial charge in [-0.2, -0.15) is 5.10 Å². The fourth-order valence-corrected chi connectivity index (χ4v) is 1.88. The van der Waals surface area contributed by atoms with Crippen LogP contribution >= 0.6 is 0 Å². The number of ether oxygens (including phenoxy) is 2. The Morgan fingerprint density at radius 3 is 2.74 bits per heavy atom. The molecule has 2 aromatic rings. The topological polar surface area (TPSA) is 74.3 Å². The SMILES string of the molecule is COc1cnn(C)c1C(COc1ccccc1)NN. The molecule has 1 atom stereocenters. The first kappa shape index (κ1) is 13.4. The van der Waals surface area contributed by atoms with Gasteiger partial charge in [-0.05, 0) is 12.1 Å². The van der Waals surface area contributed by atoms with Gasteiger partial charge in [0, 0.05) is 7.05 Å². The molecule has 6 heteroatoms. The van der Waals surface area contributed by atoms with Crippen LogP contribution in [0, 0.1) is 0 Å². The van der Waals surface area contributed by atoms with Crippen molar-refractivity contribution in [3.8, 4) is 11.5 Å². The van der Waals surface area contributed by atoms with Crippen LogP contribution in [-0.4, -0.2) is 23.5 Å². The molecule has 1 aromatic carbocycles. The van der Waals surface area contributed by atoms with Crippen molar-refractivity contribution in [3.63, 3.8) is 0 Å². The molecule has 0 spiro atoms. The van der Waals surface area contributed by atoms with Crippen LogP contribution in [0.4, 0.5) is 0 Å². The highest BCUT2D eigenvalue weighted by atomic mass is 16.5. The van der Waals surface area contributed by atoms with Crippen molar-refractivity contribution in [2.24, 2.45) is 12.9 Å². The molecule has 0 radical (unpaired) electrons. The number of aromatic nitrogens is 2. The molecule has 19 heavy (non-hydrogen) atoms. The van der Waals surface area contributed by atoms with Crippen molar-refractivity contribution in [2.75, 3.05) is 13.7 Å². The maximum Gasteiger partial charge on any atom is 0.161 e. The molecule has 0 bridgehead atoms. The van der Waals surface area contributed by atoms with Crippen LogP contribution in [0.3, 0.4) is 0 Å². The summed E-state index contributed by atoms with van der Waals surface area (Å²) in [6, 6.07) is 9.37. The highest BCUT2D eigenvalue weighted by Gasteiger charge is 2.20. The van der Waals surface area contributed by atoms with Crippen LogP contribution in [0.2, 0.25) is 0 Å². The van der Waals surface area contributed by atoms with Crippen molar-refractivity contribution in [1.82, 2.24) is 15.2 Å². The van der Waals surface area contributed by atoms with Gasteiger partial charge in [-0.15, -0.1) is 0 Å². The molecule has 1 aromatic heterocycles. The van der Waals surface area contributed by atoms with Gasteiger partial charge in [0.05, 0.1) is 13.3 Å². The molecule has 0 saturated carbocycles. The lowest BCUT2D eigenvalue weighted by Crippen LogP contribution is -2.34. The minimum atomic E-state index is -0.206. The molecular formula is C13H18N4O2. The smallest absolute Gasteiger partial charge is 0.161 e. The Bertz CT molecular complexity index is 513. The zero-order chi connectivity index (χ0) is 13.7. The third kappa shape index (κ3) is 3.04. The third-order valence-corrected chi connectivity index (χ3v) is 2.86. The molecule has 0 aliphatic carbocycles. The normalized spacial score (nSPS) is 12.2. The van der Waals surface area contributed by atoms with E-state index in [-0.39, 0.29) is 6.04 Å². The number of aryl methyl sites for hydroxylation is 1. The first-order valence-electron chi connectivity index (χ1n) is 5.96. The van der Waals surface area contributed by atoms with Gasteiger partial charge in [-0.3, -0.25) is 10.5 Å². The van der Waals surface area contributed by atoms with Crippen LogP contribution in [0.25, 0.3) is 0 Å². The van der Waals surface area contributed by atoms with Crippen LogP contribution in [0.5, 0.6) is 11.5 Å². The summed E-state index contributed by atoms with van der Waals surface area (Å²) in [5.41, 5.74) is 3.57. The van der Waals surface area contributed by atoms with E-state index in [0.717, 1.165) is 11.4 Å². The summed E-state index contributed by atoms with van der Waals surface area (Å²) >= 11 is 0. The Balaban J connectivity index is 2.10. The highest BCUT2D eigenvalue weighted by molar-refractivity contribution is 5.28. The molecule has 1 heterocycles. The summed E-state index contributed by atoms with van der Waals surface area (Å²) in [5.74, 6) is 7.07. The van der Waals surface area contributed by atoms with E-state index >= 15 is 0 Å². The van der Waals surface area contributed by atoms with Gasteiger partial charge in [0.2, 0.25) is 0 Å². The third-order valence-electron chi connectivity index (χ3n) is 2.86. The van der Waals surface area contributed by atoms with Crippen molar-refractivity contribution < 1.29 is 9.47 Å². The second-order valence-electron chi connectivity index (χ2n) is 4.07. The predicted octanol–water partition coefficient (Wildman–Crippen LogP) is 1.01. The molecule has 6 nitrogen and oxygen atoms in total. The number of nitrogens with two attached hydrogens (primary N) is 1. The molecule has 1 unspecified atom stereocenters. The number of nitrogens with zero attached hydrogens (tertiary/aromatic N) is 2. The number of rotatable bonds is 6. The van der Waals surface area contributed by atoms with Gasteiger partial charge < -0.3 is 9.47 Å². The summed E-state index contributed by atoms with van der Waals surface area (Å²) in [4.78, 5) is 0. The molecule has 102 valence electrons. The molecule has 0 fully saturated rings. The summed E-state index contributed by atoms with van der Waals surface area (Å²) in [6.45, 7) is 0.385. The summed E-state index contributed by atoms with van der Waals surface area (Å²) in [5, 5.41) is 4.15. The van der Waals surface area contributed by atoms with E-state index in [0.29, 0.717) is 12.4 Å². The van der Waals surface area contributed by atoms with Gasteiger partial charge in [0.15, 0.2) is 5.75 Å². The number of para-hydroxylation sites is 1. The molecule has 0 aliphatic rings. The van der Waals surface area contributed by atoms with Gasteiger partial charge in [0.25, 0.3) is 0 Å². The van der Waals surface area contributed by atoms with Crippen molar-refractivity contribution in [3.05, 3.63) is 42.2 Å². The average Bonchev–Trinajstić information content (AvgIpc) is 2.82. The number of hydrogen-bond donors (Lipinski definition) is 2. The molecule has 0 saturated heterocycles. The van der Waals surface area contributed by atoms with Gasteiger partial charge >= 0.3 is 0 Å². The molecule has 2 rings (SSSR count). The lowest BCUT2D eigenvalue weighted by atomic mass is 10.2. The Hall–Kier alpha value is -2.05. The second kappa shape index (κ2) is 6.21. The maximum atomic E-state index is 5.70. The van der Waals surface area contributed by atoms with Gasteiger partial charge in [0.1, 0.15) is 24.1 Å². The van der Waals surface area contributed by atoms with E-state index in [4.69, 9.17) is 15.3 Å². The number of methoxy groups -OCH3 is 1. The fraction of sp³-hybridized carbons (Fsp3) is 0.308. The summed E-state index contributed by atoms with van der Waals surface area (Å²) in [6.07, 6.45) is 1.65. The van der Waals surface area contributed by atoms with E-state index in [1.807, 2.05) is 37.4 Å². The number of nitrogens with one attached hydrogen (secondary N) is 1. The van der Waals surface area contributed by atoms with Crippen LogP contribution < -0.4 is 20.7 Å². The lowest BCUT2D eigenvalue weighted by Gasteiger charge is -2.18. The van der Waals surface area contributed by atoms with E-state index in [2.05, 4.69) is 10.5 Å². The Morgan fingerprint density at radius 2 is 2.11 bits per heavy atom. The lowest BCUT2D eigenvalue weighted by molar-refractivity contribution is 0.257. The van der Waals surface area contributed by atoms with E-state index in [1.165, 1.54) is 0 Å². The first-order chi connectivity index (χ1) is 9.26. The van der Waals surface area contributed by atoms with E-state index < -0.39 is 0 Å². The quantitative estimate of drug-likeness (QED) is 0.600. The zero-order valence-electron chi connectivity index (χ0n) is 11.0. The van der Waals surface area contributed by atoms with Crippen LogP contribution in [0.1, 0.15) is 11.7 Å². The zero-order valence-corrected chi connectivity index (χ0v) is 11.0. The fourth-order valence-electron chi connectivity index (χ4n) is 1.88. The Morgan fingerprint density at radius 1 is 1.37 bits per heavy atom. The van der Waals surface area contributed by atoms with E-state index in [9.17, 15) is 0 Å². The average molecular weight is 262 g/mol. The summed E-state index contributed by atoms with van der Waals surface area (Å²) in [7, 11) is 3.44. The molecular weight excluding hydrogens is 244 g/mol. The van der Waals surface area contributed by atoms with Crippen molar-refractivity contribution in [1.29, 1.82) is 0 Å². The Kier molecular flexibility index (Phi) is 4.38. The van der Waals surface area contributed by atoms with E-state index in [1.54, 1.807) is 18.0 Å². The van der Waals surface area contributed by atoms with Crippen LogP contribution in [0.15, 0.2) is 36.5 Å². The minimum absolute atomic E-state index is 0.206. The predicted molar refractivity (Wildman–Crippen MR) is 71.8 cm³/mol. The van der Waals surface area contributed by atoms with Gasteiger partial charge in [-0.1, -0.05) is 18.2 Å².